The number of unbranched alkanes of at least 4 members (excludes halogenated alkanes) is 1. The van der Waals surface area contributed by atoms with Crippen molar-refractivity contribution in [2.45, 2.75) is 37.7 Å². The van der Waals surface area contributed by atoms with Gasteiger partial charge in [-0.05, 0) is 38.8 Å². The molecule has 1 aromatic rings. The molecule has 0 amide bonds. The monoisotopic (exact) mass is 338 g/mol. The van der Waals surface area contributed by atoms with Gasteiger partial charge in [0.1, 0.15) is 4.90 Å². The van der Waals surface area contributed by atoms with Crippen LogP contribution in [0.4, 0.5) is 10.1 Å². The van der Waals surface area contributed by atoms with Gasteiger partial charge in [-0.25, -0.2) is 17.5 Å². The molecular formula is C13H20ClFN2O3S. The molecule has 0 aliphatic rings. The lowest BCUT2D eigenvalue weighted by atomic mass is 10.3. The van der Waals surface area contributed by atoms with E-state index in [0.717, 1.165) is 6.07 Å². The fourth-order valence-electron chi connectivity index (χ4n) is 1.61. The van der Waals surface area contributed by atoms with E-state index in [1.807, 2.05) is 13.8 Å². The Hall–Kier alpha value is -0.890. The van der Waals surface area contributed by atoms with Gasteiger partial charge < -0.3 is 10.5 Å². The first-order valence-corrected chi connectivity index (χ1v) is 8.46. The predicted molar refractivity (Wildman–Crippen MR) is 81.3 cm³/mol. The van der Waals surface area contributed by atoms with Gasteiger partial charge in [-0.15, -0.1) is 0 Å². The summed E-state index contributed by atoms with van der Waals surface area (Å²) in [6.45, 7) is 4.59. The standard InChI is InChI=1S/C13H20ClFN2O3S/c1-9(2)20-6-4-3-5-17-21(18,19)12-8-10(14)7-11(16)13(12)15/h7-9,17H,3-6,16H2,1-2H3. The molecule has 0 aliphatic carbocycles. The molecule has 0 bridgehead atoms. The van der Waals surface area contributed by atoms with Crippen molar-refractivity contribution in [2.75, 3.05) is 18.9 Å². The summed E-state index contributed by atoms with van der Waals surface area (Å²) in [4.78, 5) is -0.536. The van der Waals surface area contributed by atoms with Crippen LogP contribution in [0.2, 0.25) is 5.02 Å². The number of halogens is 2. The second-order valence-corrected chi connectivity index (χ2v) is 7.00. The zero-order valence-electron chi connectivity index (χ0n) is 12.0. The number of ether oxygens (including phenoxy) is 1. The topological polar surface area (TPSA) is 81.4 Å². The van der Waals surface area contributed by atoms with E-state index in [4.69, 9.17) is 22.1 Å². The summed E-state index contributed by atoms with van der Waals surface area (Å²) in [6, 6.07) is 2.20. The van der Waals surface area contributed by atoms with Crippen LogP contribution in [0.1, 0.15) is 26.7 Å². The Balaban J connectivity index is 2.59. The van der Waals surface area contributed by atoms with E-state index in [1.54, 1.807) is 0 Å². The van der Waals surface area contributed by atoms with Gasteiger partial charge >= 0.3 is 0 Å². The average Bonchev–Trinajstić information content (AvgIpc) is 2.37. The third kappa shape index (κ3) is 5.78. The molecule has 0 aliphatic heterocycles. The number of rotatable bonds is 8. The van der Waals surface area contributed by atoms with Crippen molar-refractivity contribution in [3.63, 3.8) is 0 Å². The molecule has 0 spiro atoms. The van der Waals surface area contributed by atoms with Crippen molar-refractivity contribution in [1.82, 2.24) is 4.72 Å². The summed E-state index contributed by atoms with van der Waals surface area (Å²) in [5.41, 5.74) is 5.07. The minimum atomic E-state index is -3.97. The lowest BCUT2D eigenvalue weighted by Gasteiger charge is -2.10. The van der Waals surface area contributed by atoms with Gasteiger partial charge in [-0.1, -0.05) is 11.6 Å². The van der Waals surface area contributed by atoms with Crippen molar-refractivity contribution >= 4 is 27.3 Å². The highest BCUT2D eigenvalue weighted by atomic mass is 35.5. The molecule has 120 valence electrons. The van der Waals surface area contributed by atoms with Crippen LogP contribution in [0.3, 0.4) is 0 Å². The highest BCUT2D eigenvalue weighted by molar-refractivity contribution is 7.89. The molecule has 0 atom stereocenters. The van der Waals surface area contributed by atoms with Crippen LogP contribution in [0, 0.1) is 5.82 Å². The number of anilines is 1. The van der Waals surface area contributed by atoms with Crippen LogP contribution in [0.5, 0.6) is 0 Å². The normalized spacial score (nSPS) is 12.0. The molecule has 1 rings (SSSR count). The van der Waals surface area contributed by atoms with Gasteiger partial charge in [-0.3, -0.25) is 0 Å². The zero-order chi connectivity index (χ0) is 16.0. The molecule has 5 nitrogen and oxygen atoms in total. The van der Waals surface area contributed by atoms with Gasteiger partial charge in [0.05, 0.1) is 11.8 Å². The zero-order valence-corrected chi connectivity index (χ0v) is 13.6. The van der Waals surface area contributed by atoms with E-state index in [0.29, 0.717) is 19.4 Å². The van der Waals surface area contributed by atoms with Gasteiger partial charge in [0.25, 0.3) is 0 Å². The van der Waals surface area contributed by atoms with Gasteiger partial charge in [-0.2, -0.15) is 0 Å². The number of hydrogen-bond donors (Lipinski definition) is 2. The molecule has 0 saturated heterocycles. The Bertz CT molecular complexity index is 579. The number of benzene rings is 1. The van der Waals surface area contributed by atoms with Crippen molar-refractivity contribution in [1.29, 1.82) is 0 Å². The van der Waals surface area contributed by atoms with Crippen LogP contribution >= 0.6 is 11.6 Å². The van der Waals surface area contributed by atoms with Crippen LogP contribution in [0.25, 0.3) is 0 Å². The quantitative estimate of drug-likeness (QED) is 0.563. The van der Waals surface area contributed by atoms with Crippen LogP contribution < -0.4 is 10.5 Å². The van der Waals surface area contributed by atoms with Crippen LogP contribution in [-0.2, 0) is 14.8 Å². The molecule has 3 N–H and O–H groups in total. The number of nitrogen functional groups attached to an aromatic ring is 1. The Morgan fingerprint density at radius 3 is 2.67 bits per heavy atom. The molecule has 8 heteroatoms. The highest BCUT2D eigenvalue weighted by Gasteiger charge is 2.21. The second-order valence-electron chi connectivity index (χ2n) is 4.83. The molecular weight excluding hydrogens is 319 g/mol. The molecule has 21 heavy (non-hydrogen) atoms. The summed E-state index contributed by atoms with van der Waals surface area (Å²) < 4.78 is 45.4. The number of nitrogens with two attached hydrogens (primary N) is 1. The maximum absolute atomic E-state index is 13.8. The van der Waals surface area contributed by atoms with E-state index in [9.17, 15) is 12.8 Å². The Morgan fingerprint density at radius 2 is 2.05 bits per heavy atom. The summed E-state index contributed by atoms with van der Waals surface area (Å²) in [7, 11) is -3.97. The van der Waals surface area contributed by atoms with E-state index < -0.39 is 20.7 Å². The first-order chi connectivity index (χ1) is 9.74. The van der Waals surface area contributed by atoms with Crippen molar-refractivity contribution in [3.8, 4) is 0 Å². The van der Waals surface area contributed by atoms with Gasteiger partial charge in [0.15, 0.2) is 5.82 Å². The third-order valence-corrected chi connectivity index (χ3v) is 4.31. The van der Waals surface area contributed by atoms with E-state index in [-0.39, 0.29) is 23.4 Å². The van der Waals surface area contributed by atoms with Crippen molar-refractivity contribution < 1.29 is 17.5 Å². The maximum atomic E-state index is 13.8. The molecule has 0 fully saturated rings. The Morgan fingerprint density at radius 1 is 1.38 bits per heavy atom. The Kier molecular flexibility index (Phi) is 6.86. The van der Waals surface area contributed by atoms with E-state index >= 15 is 0 Å². The summed E-state index contributed by atoms with van der Waals surface area (Å²) in [6.07, 6.45) is 1.44. The second kappa shape index (κ2) is 7.93. The number of nitrogens with one attached hydrogen (secondary N) is 1. The van der Waals surface area contributed by atoms with Crippen LogP contribution in [-0.4, -0.2) is 27.7 Å². The third-order valence-electron chi connectivity index (χ3n) is 2.64. The summed E-state index contributed by atoms with van der Waals surface area (Å²) in [5.74, 6) is -0.991. The summed E-state index contributed by atoms with van der Waals surface area (Å²) in [5, 5.41) is 0.0691. The maximum Gasteiger partial charge on any atom is 0.243 e. The molecule has 0 saturated carbocycles. The Labute approximate surface area is 129 Å². The fraction of sp³-hybridized carbons (Fsp3) is 0.538. The van der Waals surface area contributed by atoms with Crippen molar-refractivity contribution in [3.05, 3.63) is 23.0 Å². The first-order valence-electron chi connectivity index (χ1n) is 6.60. The molecule has 0 unspecified atom stereocenters. The number of hydrogen-bond acceptors (Lipinski definition) is 4. The summed E-state index contributed by atoms with van der Waals surface area (Å²) >= 11 is 5.70. The number of sulfonamides is 1. The highest BCUT2D eigenvalue weighted by Crippen LogP contribution is 2.25. The van der Waals surface area contributed by atoms with Crippen molar-refractivity contribution in [2.24, 2.45) is 0 Å². The van der Waals surface area contributed by atoms with Gasteiger partial charge in [0, 0.05) is 18.2 Å². The lowest BCUT2D eigenvalue weighted by Crippen LogP contribution is -2.26. The molecule has 1 aromatic carbocycles. The lowest BCUT2D eigenvalue weighted by molar-refractivity contribution is 0.0762. The molecule has 0 radical (unpaired) electrons. The SMILES string of the molecule is CC(C)OCCCCNS(=O)(=O)c1cc(Cl)cc(N)c1F. The smallest absolute Gasteiger partial charge is 0.243 e. The van der Waals surface area contributed by atoms with E-state index in [2.05, 4.69) is 4.72 Å². The molecule has 0 aromatic heterocycles. The average molecular weight is 339 g/mol. The fourth-order valence-corrected chi connectivity index (χ4v) is 3.11. The molecule has 0 heterocycles. The minimum Gasteiger partial charge on any atom is -0.396 e. The minimum absolute atomic E-state index is 0.0691. The first kappa shape index (κ1) is 18.2. The van der Waals surface area contributed by atoms with Crippen LogP contribution in [0.15, 0.2) is 17.0 Å². The largest absolute Gasteiger partial charge is 0.396 e. The van der Waals surface area contributed by atoms with E-state index in [1.165, 1.54) is 6.07 Å². The predicted octanol–water partition coefficient (Wildman–Crippen LogP) is 2.54. The van der Waals surface area contributed by atoms with Gasteiger partial charge in [0.2, 0.25) is 10.0 Å².